The van der Waals surface area contributed by atoms with E-state index in [-0.39, 0.29) is 23.9 Å². The molecule has 3 aromatic rings. The van der Waals surface area contributed by atoms with E-state index in [2.05, 4.69) is 104 Å². The zero-order valence-corrected chi connectivity index (χ0v) is 16.7. The van der Waals surface area contributed by atoms with Gasteiger partial charge in [-0.3, -0.25) is 0 Å². The van der Waals surface area contributed by atoms with Crippen LogP contribution in [-0.2, 0) is 6.42 Å². The monoisotopic (exact) mass is 372 g/mol. The fraction of sp³-hybridized carbons (Fsp3) is 0.308. The number of aliphatic hydroxyl groups is 1. The molecule has 0 saturated carbocycles. The van der Waals surface area contributed by atoms with Crippen LogP contribution in [0.15, 0.2) is 91.0 Å². The standard InChI is InChI=1S/C26H29NO/c1-19-24(22-14-8-4-9-15-22)27-25(23-16-10-5-11-17-23)20(2)26(19,28)18-21-12-6-3-7-13-21/h3-17,19-20,24-25,27-28H,18H2,1-2H3/p+1/t19-,20+,24-,25-,26?/m0/s1. The molecular weight excluding hydrogens is 342 g/mol. The average molecular weight is 373 g/mol. The smallest absolute Gasteiger partial charge is 0.117 e. The predicted octanol–water partition coefficient (Wildman–Crippen LogP) is 4.29. The zero-order chi connectivity index (χ0) is 19.6. The van der Waals surface area contributed by atoms with Crippen LogP contribution in [0.3, 0.4) is 0 Å². The predicted molar refractivity (Wildman–Crippen MR) is 114 cm³/mol. The molecule has 1 unspecified atom stereocenters. The number of quaternary nitrogens is 1. The van der Waals surface area contributed by atoms with Crippen LogP contribution in [0.1, 0.15) is 42.6 Å². The van der Waals surface area contributed by atoms with Crippen molar-refractivity contribution in [2.45, 2.75) is 38.0 Å². The van der Waals surface area contributed by atoms with Gasteiger partial charge < -0.3 is 10.4 Å². The Morgan fingerprint density at radius 1 is 0.679 bits per heavy atom. The van der Waals surface area contributed by atoms with E-state index in [1.807, 2.05) is 6.07 Å². The molecule has 2 heteroatoms. The van der Waals surface area contributed by atoms with Crippen molar-refractivity contribution in [3.05, 3.63) is 108 Å². The summed E-state index contributed by atoms with van der Waals surface area (Å²) in [6.45, 7) is 4.43. The van der Waals surface area contributed by atoms with E-state index in [1.54, 1.807) is 0 Å². The van der Waals surface area contributed by atoms with E-state index >= 15 is 0 Å². The molecule has 1 heterocycles. The van der Waals surface area contributed by atoms with Crippen molar-refractivity contribution in [2.24, 2.45) is 11.8 Å². The van der Waals surface area contributed by atoms with E-state index in [4.69, 9.17) is 0 Å². The van der Waals surface area contributed by atoms with Crippen LogP contribution in [0, 0.1) is 11.8 Å². The molecule has 0 amide bonds. The Labute approximate surface area is 168 Å². The summed E-state index contributed by atoms with van der Waals surface area (Å²) in [6, 6.07) is 32.1. The lowest BCUT2D eigenvalue weighted by Gasteiger charge is -2.49. The lowest BCUT2D eigenvalue weighted by molar-refractivity contribution is -0.764. The van der Waals surface area contributed by atoms with Crippen LogP contribution >= 0.6 is 0 Å². The van der Waals surface area contributed by atoms with Crippen molar-refractivity contribution < 1.29 is 10.4 Å². The number of piperidine rings is 1. The lowest BCUT2D eigenvalue weighted by Crippen LogP contribution is -2.93. The summed E-state index contributed by atoms with van der Waals surface area (Å²) in [6.07, 6.45) is 0.677. The van der Waals surface area contributed by atoms with Gasteiger partial charge in [-0.1, -0.05) is 105 Å². The molecule has 1 fully saturated rings. The summed E-state index contributed by atoms with van der Waals surface area (Å²) in [5.41, 5.74) is 2.99. The lowest BCUT2D eigenvalue weighted by atomic mass is 9.64. The highest BCUT2D eigenvalue weighted by molar-refractivity contribution is 5.26. The van der Waals surface area contributed by atoms with Crippen LogP contribution < -0.4 is 5.32 Å². The van der Waals surface area contributed by atoms with Crippen LogP contribution in [0.4, 0.5) is 0 Å². The van der Waals surface area contributed by atoms with Gasteiger partial charge in [0, 0.05) is 29.4 Å². The number of nitrogens with two attached hydrogens (primary N) is 1. The highest BCUT2D eigenvalue weighted by Crippen LogP contribution is 2.44. The van der Waals surface area contributed by atoms with Crippen LogP contribution in [0.25, 0.3) is 0 Å². The molecule has 144 valence electrons. The van der Waals surface area contributed by atoms with Gasteiger partial charge >= 0.3 is 0 Å². The normalized spacial score (nSPS) is 30.1. The van der Waals surface area contributed by atoms with Crippen LogP contribution in [0.2, 0.25) is 0 Å². The molecule has 28 heavy (non-hydrogen) atoms. The highest BCUT2D eigenvalue weighted by atomic mass is 16.3. The van der Waals surface area contributed by atoms with Crippen molar-refractivity contribution in [1.29, 1.82) is 0 Å². The molecule has 0 radical (unpaired) electrons. The summed E-state index contributed by atoms with van der Waals surface area (Å²) in [7, 11) is 0. The second kappa shape index (κ2) is 7.90. The SMILES string of the molecule is C[C@@H]1[C@@H](c2ccccc2)[NH2+][C@H](c2ccccc2)[C@H](C)C1(O)Cc1ccccc1. The molecule has 5 atom stereocenters. The van der Waals surface area contributed by atoms with Gasteiger partial charge in [-0.05, 0) is 5.56 Å². The van der Waals surface area contributed by atoms with Gasteiger partial charge in [-0.2, -0.15) is 0 Å². The molecule has 3 N–H and O–H groups in total. The summed E-state index contributed by atoms with van der Waals surface area (Å²) < 4.78 is 0. The Morgan fingerprint density at radius 2 is 1.07 bits per heavy atom. The molecule has 1 aliphatic heterocycles. The molecule has 2 nitrogen and oxygen atoms in total. The molecule has 3 aromatic carbocycles. The first-order valence-electron chi connectivity index (χ1n) is 10.3. The van der Waals surface area contributed by atoms with Gasteiger partial charge in [-0.25, -0.2) is 0 Å². The highest BCUT2D eigenvalue weighted by Gasteiger charge is 2.53. The summed E-state index contributed by atoms with van der Waals surface area (Å²) in [5.74, 6) is 0.259. The summed E-state index contributed by atoms with van der Waals surface area (Å²) in [5, 5.41) is 14.6. The maximum atomic E-state index is 12.1. The summed E-state index contributed by atoms with van der Waals surface area (Å²) in [4.78, 5) is 0. The third-order valence-corrected chi connectivity index (χ3v) is 6.77. The Kier molecular flexibility index (Phi) is 5.34. The quantitative estimate of drug-likeness (QED) is 0.704. The molecular formula is C26H30NO+. The third-order valence-electron chi connectivity index (χ3n) is 6.77. The van der Waals surface area contributed by atoms with Crippen molar-refractivity contribution in [1.82, 2.24) is 0 Å². The molecule has 1 saturated heterocycles. The number of benzene rings is 3. The van der Waals surface area contributed by atoms with Gasteiger partial charge in [0.1, 0.15) is 12.1 Å². The van der Waals surface area contributed by atoms with Crippen LogP contribution in [-0.4, -0.2) is 10.7 Å². The van der Waals surface area contributed by atoms with Crippen LogP contribution in [0.5, 0.6) is 0 Å². The Balaban J connectivity index is 1.76. The van der Waals surface area contributed by atoms with Crippen molar-refractivity contribution in [3.8, 4) is 0 Å². The van der Waals surface area contributed by atoms with E-state index in [0.29, 0.717) is 6.42 Å². The topological polar surface area (TPSA) is 36.8 Å². The van der Waals surface area contributed by atoms with Crippen molar-refractivity contribution >= 4 is 0 Å². The molecule has 0 aliphatic carbocycles. The fourth-order valence-electron chi connectivity index (χ4n) is 4.99. The number of hydrogen-bond acceptors (Lipinski definition) is 1. The third kappa shape index (κ3) is 3.50. The van der Waals surface area contributed by atoms with Gasteiger partial charge in [-0.15, -0.1) is 0 Å². The molecule has 1 aliphatic rings. The zero-order valence-electron chi connectivity index (χ0n) is 16.7. The van der Waals surface area contributed by atoms with Gasteiger partial charge in [0.25, 0.3) is 0 Å². The average Bonchev–Trinajstić information content (AvgIpc) is 2.75. The molecule has 0 spiro atoms. The first-order chi connectivity index (χ1) is 13.6. The van der Waals surface area contributed by atoms with Gasteiger partial charge in [0.05, 0.1) is 5.60 Å². The second-order valence-corrected chi connectivity index (χ2v) is 8.30. The molecule has 4 rings (SSSR count). The van der Waals surface area contributed by atoms with Crippen molar-refractivity contribution in [3.63, 3.8) is 0 Å². The van der Waals surface area contributed by atoms with Gasteiger partial charge in [0.2, 0.25) is 0 Å². The minimum atomic E-state index is -0.781. The Morgan fingerprint density at radius 3 is 1.50 bits per heavy atom. The maximum absolute atomic E-state index is 12.1. The minimum Gasteiger partial charge on any atom is -0.388 e. The Bertz CT molecular complexity index is 827. The van der Waals surface area contributed by atoms with E-state index < -0.39 is 5.60 Å². The maximum Gasteiger partial charge on any atom is 0.117 e. The van der Waals surface area contributed by atoms with Crippen molar-refractivity contribution in [2.75, 3.05) is 0 Å². The van der Waals surface area contributed by atoms with E-state index in [1.165, 1.54) is 16.7 Å². The largest absolute Gasteiger partial charge is 0.388 e. The minimum absolute atomic E-state index is 0.130. The number of hydrogen-bond donors (Lipinski definition) is 2. The summed E-state index contributed by atoms with van der Waals surface area (Å²) >= 11 is 0. The molecule has 0 bridgehead atoms. The fourth-order valence-corrected chi connectivity index (χ4v) is 4.99. The van der Waals surface area contributed by atoms with E-state index in [9.17, 15) is 5.11 Å². The van der Waals surface area contributed by atoms with Gasteiger partial charge in [0.15, 0.2) is 0 Å². The molecule has 0 aromatic heterocycles. The second-order valence-electron chi connectivity index (χ2n) is 8.30. The Hall–Kier alpha value is -2.42. The first kappa shape index (κ1) is 18.9. The number of rotatable bonds is 4. The first-order valence-corrected chi connectivity index (χ1v) is 10.3. The van der Waals surface area contributed by atoms with E-state index in [0.717, 1.165) is 0 Å².